The number of hydrogen-bond acceptors (Lipinski definition) is 11. The molecule has 1 aliphatic carbocycles. The Balaban J connectivity index is 1.10. The molecule has 290 valence electrons. The van der Waals surface area contributed by atoms with E-state index in [0.717, 1.165) is 27.8 Å². The van der Waals surface area contributed by atoms with Crippen LogP contribution in [0.2, 0.25) is 0 Å². The Morgan fingerprint density at radius 2 is 1.54 bits per heavy atom. The quantitative estimate of drug-likeness (QED) is 0.0383. The molecule has 2 aliphatic heterocycles. The monoisotopic (exact) mass is 782 g/mol. The standard InChI is InChI=1S/C41H39ClN4O10/c1-24(53-40-35(45-46-43)37(55-33(47)20-42)36-32(54-40)23-51-39(56-36)26-14-6-3-7-15-26)34(38(48)50-21-25-12-4-2-5-13-25)44-41(49)52-22-31-29-18-10-8-16-27(29)28-17-9-11-19-30(28)31/h2-19,24,31-32,34-37,39-40H,20-23H2,1H3,(H,44,49)/t24?,32-,34+,35-,36+,37-,39+,40+/m1/s1. The summed E-state index contributed by atoms with van der Waals surface area (Å²) in [4.78, 5) is 42.9. The van der Waals surface area contributed by atoms with Crippen LogP contribution in [0, 0.1) is 0 Å². The number of halogens is 1. The summed E-state index contributed by atoms with van der Waals surface area (Å²) >= 11 is 5.82. The summed E-state index contributed by atoms with van der Waals surface area (Å²) in [6.45, 7) is 1.40. The predicted octanol–water partition coefficient (Wildman–Crippen LogP) is 6.71. The number of nitrogens with zero attached hydrogens (tertiary/aromatic N) is 3. The van der Waals surface area contributed by atoms with Gasteiger partial charge in [-0.3, -0.25) is 4.79 Å². The highest BCUT2D eigenvalue weighted by molar-refractivity contribution is 6.26. The maximum absolute atomic E-state index is 13.8. The first-order valence-electron chi connectivity index (χ1n) is 18.1. The van der Waals surface area contributed by atoms with Gasteiger partial charge >= 0.3 is 18.0 Å². The molecule has 1 amide bonds. The summed E-state index contributed by atoms with van der Waals surface area (Å²) in [7, 11) is 0. The van der Waals surface area contributed by atoms with Crippen molar-refractivity contribution in [2.45, 2.75) is 68.5 Å². The van der Waals surface area contributed by atoms with Crippen LogP contribution in [0.4, 0.5) is 4.79 Å². The number of ether oxygens (including phenoxy) is 7. The van der Waals surface area contributed by atoms with Crippen LogP contribution in [0.1, 0.15) is 41.4 Å². The van der Waals surface area contributed by atoms with Crippen molar-refractivity contribution < 1.29 is 47.5 Å². The molecule has 0 saturated carbocycles. The summed E-state index contributed by atoms with van der Waals surface area (Å²) in [5.74, 6) is -2.35. The number of carbonyl (C=O) groups excluding carboxylic acids is 3. The second-order valence-corrected chi connectivity index (χ2v) is 13.7. The van der Waals surface area contributed by atoms with Crippen molar-refractivity contribution >= 4 is 29.6 Å². The molecule has 4 aromatic carbocycles. The normalized spacial score (nSPS) is 23.5. The Labute approximate surface area is 327 Å². The highest BCUT2D eigenvalue weighted by Crippen LogP contribution is 2.44. The van der Waals surface area contributed by atoms with E-state index in [2.05, 4.69) is 15.3 Å². The van der Waals surface area contributed by atoms with Crippen LogP contribution in [0.25, 0.3) is 21.6 Å². The topological polar surface area (TPSA) is 177 Å². The Bertz CT molecular complexity index is 2010. The number of benzene rings is 4. The van der Waals surface area contributed by atoms with Crippen LogP contribution < -0.4 is 5.32 Å². The zero-order valence-corrected chi connectivity index (χ0v) is 31.0. The minimum Gasteiger partial charge on any atom is -0.459 e. The molecule has 0 radical (unpaired) electrons. The maximum atomic E-state index is 13.8. The van der Waals surface area contributed by atoms with E-state index in [1.165, 1.54) is 6.92 Å². The summed E-state index contributed by atoms with van der Waals surface area (Å²) in [5, 5.41) is 6.51. The number of hydrogen-bond donors (Lipinski definition) is 1. The molecule has 2 fully saturated rings. The maximum Gasteiger partial charge on any atom is 0.407 e. The molecule has 2 heterocycles. The summed E-state index contributed by atoms with van der Waals surface area (Å²) in [6, 6.07) is 31.2. The van der Waals surface area contributed by atoms with Gasteiger partial charge in [0.25, 0.3) is 0 Å². The molecule has 0 spiro atoms. The van der Waals surface area contributed by atoms with E-state index in [9.17, 15) is 19.9 Å². The molecule has 7 rings (SSSR count). The molecule has 8 atom stereocenters. The summed E-state index contributed by atoms with van der Waals surface area (Å²) < 4.78 is 41.8. The molecule has 0 aromatic heterocycles. The summed E-state index contributed by atoms with van der Waals surface area (Å²) in [6.07, 6.45) is -7.39. The molecular weight excluding hydrogens is 744 g/mol. The first kappa shape index (κ1) is 38.8. The van der Waals surface area contributed by atoms with Gasteiger partial charge in [0.15, 0.2) is 18.6 Å². The number of amides is 1. The third-order valence-electron chi connectivity index (χ3n) is 9.85. The van der Waals surface area contributed by atoms with Crippen molar-refractivity contribution in [1.29, 1.82) is 0 Å². The van der Waals surface area contributed by atoms with Gasteiger partial charge < -0.3 is 38.5 Å². The number of alkyl carbamates (subject to hydrolysis) is 1. The van der Waals surface area contributed by atoms with Crippen molar-refractivity contribution in [3.8, 4) is 11.1 Å². The lowest BCUT2D eigenvalue weighted by molar-refractivity contribution is -0.347. The van der Waals surface area contributed by atoms with Gasteiger partial charge in [0, 0.05) is 16.4 Å². The third kappa shape index (κ3) is 8.66. The number of fused-ring (bicyclic) bond motifs is 4. The molecule has 3 aliphatic rings. The smallest absolute Gasteiger partial charge is 0.407 e. The van der Waals surface area contributed by atoms with Crippen molar-refractivity contribution in [3.63, 3.8) is 0 Å². The van der Waals surface area contributed by atoms with Gasteiger partial charge in [-0.25, -0.2) is 9.59 Å². The van der Waals surface area contributed by atoms with Crippen LogP contribution in [0.15, 0.2) is 114 Å². The van der Waals surface area contributed by atoms with E-state index >= 15 is 0 Å². The minimum absolute atomic E-state index is 0.00770. The fourth-order valence-electron chi connectivity index (χ4n) is 7.20. The van der Waals surface area contributed by atoms with E-state index in [0.29, 0.717) is 5.56 Å². The Hall–Kier alpha value is -5.47. The van der Waals surface area contributed by atoms with Gasteiger partial charge in [0.05, 0.1) is 12.7 Å². The molecule has 14 nitrogen and oxygen atoms in total. The zero-order valence-electron chi connectivity index (χ0n) is 30.2. The Kier molecular flexibility index (Phi) is 12.5. The predicted molar refractivity (Wildman–Crippen MR) is 201 cm³/mol. The first-order valence-corrected chi connectivity index (χ1v) is 18.6. The van der Waals surface area contributed by atoms with Crippen molar-refractivity contribution in [3.05, 3.63) is 142 Å². The van der Waals surface area contributed by atoms with Crippen LogP contribution in [0.5, 0.6) is 0 Å². The number of esters is 2. The lowest BCUT2D eigenvalue weighted by Gasteiger charge is -2.48. The largest absolute Gasteiger partial charge is 0.459 e. The number of nitrogens with one attached hydrogen (secondary N) is 1. The molecule has 1 unspecified atom stereocenters. The third-order valence-corrected chi connectivity index (χ3v) is 10.1. The second-order valence-electron chi connectivity index (χ2n) is 13.4. The van der Waals surface area contributed by atoms with Crippen molar-refractivity contribution in [2.75, 3.05) is 19.1 Å². The van der Waals surface area contributed by atoms with E-state index < -0.39 is 73.0 Å². The lowest BCUT2D eigenvalue weighted by Crippen LogP contribution is -2.64. The van der Waals surface area contributed by atoms with E-state index in [-0.39, 0.29) is 25.7 Å². The number of carbonyl (C=O) groups is 3. The van der Waals surface area contributed by atoms with E-state index in [4.69, 9.17) is 44.8 Å². The zero-order chi connectivity index (χ0) is 39.0. The van der Waals surface area contributed by atoms with E-state index in [1.807, 2.05) is 84.9 Å². The van der Waals surface area contributed by atoms with Gasteiger partial charge in [-0.1, -0.05) is 114 Å². The van der Waals surface area contributed by atoms with Gasteiger partial charge in [0.2, 0.25) is 0 Å². The van der Waals surface area contributed by atoms with Crippen LogP contribution in [0.3, 0.4) is 0 Å². The SMILES string of the molecule is CC(O[C@H]1O[C@@H]2CO[C@H](c3ccccc3)O[C@@H]2[C@H](OC(=O)CCl)[C@H]1N=[N+]=[N-])[C@H](NC(=O)OCC1c2ccccc2-c2ccccc21)C(=O)OCc1ccccc1. The molecule has 15 heteroatoms. The average molecular weight is 783 g/mol. The van der Waals surface area contributed by atoms with E-state index in [1.54, 1.807) is 24.3 Å². The van der Waals surface area contributed by atoms with Crippen molar-refractivity contribution in [1.82, 2.24) is 5.32 Å². The number of azide groups is 1. The highest BCUT2D eigenvalue weighted by atomic mass is 35.5. The summed E-state index contributed by atoms with van der Waals surface area (Å²) in [5.41, 5.74) is 15.2. The number of rotatable bonds is 13. The molecule has 2 saturated heterocycles. The average Bonchev–Trinajstić information content (AvgIpc) is 3.56. The van der Waals surface area contributed by atoms with Gasteiger partial charge in [-0.2, -0.15) is 0 Å². The molecule has 56 heavy (non-hydrogen) atoms. The molecule has 1 N–H and O–H groups in total. The van der Waals surface area contributed by atoms with Crippen LogP contribution in [-0.2, 0) is 49.4 Å². The second kappa shape index (κ2) is 18.0. The fraction of sp³-hybridized carbons (Fsp3) is 0.341. The first-order chi connectivity index (χ1) is 27.3. The van der Waals surface area contributed by atoms with Gasteiger partial charge in [-0.15, -0.1) is 11.6 Å². The molecular formula is C41H39ClN4O10. The Morgan fingerprint density at radius 1 is 0.893 bits per heavy atom. The fourth-order valence-corrected chi connectivity index (χ4v) is 7.26. The number of alkyl halides is 1. The molecule has 0 bridgehead atoms. The molecule has 4 aromatic rings. The lowest BCUT2D eigenvalue weighted by atomic mass is 9.95. The van der Waals surface area contributed by atoms with Gasteiger partial charge in [-0.05, 0) is 40.3 Å². The van der Waals surface area contributed by atoms with Crippen molar-refractivity contribution in [2.24, 2.45) is 5.11 Å². The van der Waals surface area contributed by atoms with Gasteiger partial charge in [0.1, 0.15) is 43.4 Å². The van der Waals surface area contributed by atoms with Crippen LogP contribution in [-0.4, -0.2) is 79.9 Å². The van der Waals surface area contributed by atoms with Crippen LogP contribution >= 0.6 is 11.6 Å². The highest BCUT2D eigenvalue weighted by Gasteiger charge is 2.53. The minimum atomic E-state index is -1.44. The Morgan fingerprint density at radius 3 is 2.20 bits per heavy atom.